The maximum atomic E-state index is 13.8. The van der Waals surface area contributed by atoms with Crippen LogP contribution >= 0.6 is 0 Å². The number of hydrogen-bond donors (Lipinski definition) is 1. The Labute approximate surface area is 138 Å². The van der Waals surface area contributed by atoms with E-state index < -0.39 is 6.17 Å². The highest BCUT2D eigenvalue weighted by molar-refractivity contribution is 5.94. The van der Waals surface area contributed by atoms with E-state index in [4.69, 9.17) is 5.26 Å². The summed E-state index contributed by atoms with van der Waals surface area (Å²) in [4.78, 5) is 14.0. The van der Waals surface area contributed by atoms with Gasteiger partial charge < -0.3 is 10.2 Å². The minimum atomic E-state index is -0.955. The highest BCUT2D eigenvalue weighted by atomic mass is 19.1. The van der Waals surface area contributed by atoms with Crippen LogP contribution in [0.5, 0.6) is 0 Å². The molecule has 7 heteroatoms. The number of hydrogen-bond acceptors (Lipinski definition) is 5. The SMILES string of the molecule is N#Cc1ccc(C(=O)NC[C@@H]2C[C@H](F)CN2c2cccnn2)cc1. The molecular weight excluding hydrogens is 309 g/mol. The van der Waals surface area contributed by atoms with Crippen LogP contribution in [0.2, 0.25) is 0 Å². The molecule has 1 aliphatic heterocycles. The molecule has 1 N–H and O–H groups in total. The van der Waals surface area contributed by atoms with Gasteiger partial charge in [-0.15, -0.1) is 5.10 Å². The van der Waals surface area contributed by atoms with Crippen LogP contribution < -0.4 is 10.2 Å². The standard InChI is InChI=1S/C17H16FN5O/c18-14-8-15(23(11-14)16-2-1-7-21-22-16)10-20-17(24)13-5-3-12(9-19)4-6-13/h1-7,14-15H,8,10-11H2,(H,20,24)/t14-,15-/m0/s1. The van der Waals surface area contributed by atoms with Crippen molar-refractivity contribution in [3.05, 3.63) is 53.7 Å². The molecule has 0 radical (unpaired) electrons. The number of nitrogens with one attached hydrogen (secondary N) is 1. The van der Waals surface area contributed by atoms with Gasteiger partial charge in [0.05, 0.1) is 24.2 Å². The Bertz CT molecular complexity index is 744. The first-order valence-corrected chi connectivity index (χ1v) is 7.64. The number of carbonyl (C=O) groups excluding carboxylic acids is 1. The average molecular weight is 325 g/mol. The zero-order valence-electron chi connectivity index (χ0n) is 12.9. The van der Waals surface area contributed by atoms with Gasteiger partial charge in [0.25, 0.3) is 5.91 Å². The van der Waals surface area contributed by atoms with E-state index in [1.165, 1.54) is 0 Å². The third kappa shape index (κ3) is 3.49. The molecule has 3 rings (SSSR count). The van der Waals surface area contributed by atoms with Gasteiger partial charge in [-0.25, -0.2) is 4.39 Å². The maximum absolute atomic E-state index is 13.8. The lowest BCUT2D eigenvalue weighted by Gasteiger charge is -2.24. The van der Waals surface area contributed by atoms with Crippen molar-refractivity contribution in [1.29, 1.82) is 5.26 Å². The molecule has 1 aromatic heterocycles. The van der Waals surface area contributed by atoms with E-state index in [0.29, 0.717) is 29.9 Å². The first-order valence-electron chi connectivity index (χ1n) is 7.64. The molecule has 2 heterocycles. The van der Waals surface area contributed by atoms with Gasteiger partial charge in [0.1, 0.15) is 6.17 Å². The van der Waals surface area contributed by atoms with E-state index >= 15 is 0 Å². The first-order chi connectivity index (χ1) is 11.7. The summed E-state index contributed by atoms with van der Waals surface area (Å²) in [7, 11) is 0. The third-order valence-corrected chi connectivity index (χ3v) is 3.99. The van der Waals surface area contributed by atoms with Crippen molar-refractivity contribution >= 4 is 11.7 Å². The number of anilines is 1. The van der Waals surface area contributed by atoms with E-state index in [1.54, 1.807) is 42.6 Å². The van der Waals surface area contributed by atoms with Crippen LogP contribution in [0.3, 0.4) is 0 Å². The fraction of sp³-hybridized carbons (Fsp3) is 0.294. The van der Waals surface area contributed by atoms with Crippen molar-refractivity contribution in [3.63, 3.8) is 0 Å². The first kappa shape index (κ1) is 15.9. The number of nitrogens with zero attached hydrogens (tertiary/aromatic N) is 4. The monoisotopic (exact) mass is 325 g/mol. The van der Waals surface area contributed by atoms with E-state index in [2.05, 4.69) is 15.5 Å². The highest BCUT2D eigenvalue weighted by Gasteiger charge is 2.33. The molecule has 0 unspecified atom stereocenters. The number of rotatable bonds is 4. The summed E-state index contributed by atoms with van der Waals surface area (Å²) in [5.41, 5.74) is 0.964. The lowest BCUT2D eigenvalue weighted by Crippen LogP contribution is -2.40. The van der Waals surface area contributed by atoms with Gasteiger partial charge in [-0.1, -0.05) is 0 Å². The molecule has 0 spiro atoms. The maximum Gasteiger partial charge on any atom is 0.251 e. The fourth-order valence-electron chi connectivity index (χ4n) is 2.79. The molecule has 0 bridgehead atoms. The minimum Gasteiger partial charge on any atom is -0.350 e. The number of aromatic nitrogens is 2. The molecule has 1 saturated heterocycles. The Balaban J connectivity index is 1.64. The zero-order chi connectivity index (χ0) is 16.9. The van der Waals surface area contributed by atoms with Gasteiger partial charge in [-0.2, -0.15) is 10.4 Å². The van der Waals surface area contributed by atoms with Crippen LogP contribution in [-0.2, 0) is 0 Å². The fourth-order valence-corrected chi connectivity index (χ4v) is 2.79. The van der Waals surface area contributed by atoms with Crippen molar-refractivity contribution in [2.75, 3.05) is 18.0 Å². The predicted molar refractivity (Wildman–Crippen MR) is 86.2 cm³/mol. The number of amides is 1. The van der Waals surface area contributed by atoms with Crippen LogP contribution in [0.25, 0.3) is 0 Å². The number of alkyl halides is 1. The lowest BCUT2D eigenvalue weighted by atomic mass is 10.1. The summed E-state index contributed by atoms with van der Waals surface area (Å²) in [6, 6.07) is 11.7. The molecule has 1 aromatic carbocycles. The Kier molecular flexibility index (Phi) is 4.66. The molecule has 2 aromatic rings. The number of carbonyl (C=O) groups is 1. The molecular formula is C17H16FN5O. The van der Waals surface area contributed by atoms with Gasteiger partial charge >= 0.3 is 0 Å². The molecule has 122 valence electrons. The molecule has 1 amide bonds. The molecule has 1 aliphatic rings. The molecule has 6 nitrogen and oxygen atoms in total. The normalized spacial score (nSPS) is 19.8. The quantitative estimate of drug-likeness (QED) is 0.925. The smallest absolute Gasteiger partial charge is 0.251 e. The summed E-state index contributed by atoms with van der Waals surface area (Å²) in [5.74, 6) is 0.358. The summed E-state index contributed by atoms with van der Waals surface area (Å²) < 4.78 is 13.8. The van der Waals surface area contributed by atoms with E-state index in [9.17, 15) is 9.18 Å². The summed E-state index contributed by atoms with van der Waals surface area (Å²) in [6.45, 7) is 0.561. The third-order valence-electron chi connectivity index (χ3n) is 3.99. The van der Waals surface area contributed by atoms with Gasteiger partial charge in [-0.3, -0.25) is 4.79 Å². The second-order valence-corrected chi connectivity index (χ2v) is 5.62. The van der Waals surface area contributed by atoms with Gasteiger partial charge in [0.2, 0.25) is 0 Å². The Morgan fingerprint density at radius 2 is 2.17 bits per heavy atom. The lowest BCUT2D eigenvalue weighted by molar-refractivity contribution is 0.0951. The number of benzene rings is 1. The topological polar surface area (TPSA) is 81.9 Å². The zero-order valence-corrected chi connectivity index (χ0v) is 12.9. The average Bonchev–Trinajstić information content (AvgIpc) is 3.01. The Morgan fingerprint density at radius 3 is 2.83 bits per heavy atom. The van der Waals surface area contributed by atoms with Gasteiger partial charge in [0.15, 0.2) is 5.82 Å². The number of nitriles is 1. The van der Waals surface area contributed by atoms with Crippen LogP contribution in [-0.4, -0.2) is 41.4 Å². The van der Waals surface area contributed by atoms with E-state index in [1.807, 2.05) is 11.0 Å². The molecule has 0 saturated carbocycles. The molecule has 0 aliphatic carbocycles. The van der Waals surface area contributed by atoms with Crippen LogP contribution in [0, 0.1) is 11.3 Å². The van der Waals surface area contributed by atoms with Crippen LogP contribution in [0.1, 0.15) is 22.3 Å². The van der Waals surface area contributed by atoms with E-state index in [-0.39, 0.29) is 18.5 Å². The Hall–Kier alpha value is -3.01. The van der Waals surface area contributed by atoms with Crippen molar-refractivity contribution < 1.29 is 9.18 Å². The molecule has 24 heavy (non-hydrogen) atoms. The van der Waals surface area contributed by atoms with Gasteiger partial charge in [0, 0.05) is 24.7 Å². The molecule has 1 fully saturated rings. The molecule has 2 atom stereocenters. The van der Waals surface area contributed by atoms with Crippen molar-refractivity contribution in [1.82, 2.24) is 15.5 Å². The second kappa shape index (κ2) is 7.04. The number of halogens is 1. The minimum absolute atomic E-state index is 0.168. The van der Waals surface area contributed by atoms with Crippen molar-refractivity contribution in [2.24, 2.45) is 0 Å². The second-order valence-electron chi connectivity index (χ2n) is 5.62. The van der Waals surface area contributed by atoms with Crippen LogP contribution in [0.15, 0.2) is 42.6 Å². The van der Waals surface area contributed by atoms with Crippen LogP contribution in [0.4, 0.5) is 10.2 Å². The van der Waals surface area contributed by atoms with Gasteiger partial charge in [-0.05, 0) is 36.4 Å². The Morgan fingerprint density at radius 1 is 1.38 bits per heavy atom. The van der Waals surface area contributed by atoms with Crippen molar-refractivity contribution in [3.8, 4) is 6.07 Å². The summed E-state index contributed by atoms with van der Waals surface area (Å²) in [6.07, 6.45) is 0.946. The van der Waals surface area contributed by atoms with Crippen molar-refractivity contribution in [2.45, 2.75) is 18.6 Å². The summed E-state index contributed by atoms with van der Waals surface area (Å²) in [5, 5.41) is 19.4. The van der Waals surface area contributed by atoms with E-state index in [0.717, 1.165) is 0 Å². The predicted octanol–water partition coefficient (Wildman–Crippen LogP) is 1.70. The largest absolute Gasteiger partial charge is 0.350 e. The summed E-state index contributed by atoms with van der Waals surface area (Å²) >= 11 is 0. The highest BCUT2D eigenvalue weighted by Crippen LogP contribution is 2.24.